The van der Waals surface area contributed by atoms with Gasteiger partial charge in [0.1, 0.15) is 6.17 Å². The molecule has 2 saturated heterocycles. The molecule has 4 aliphatic rings. The van der Waals surface area contributed by atoms with Gasteiger partial charge in [0, 0.05) is 18.5 Å². The first kappa shape index (κ1) is 14.7. The molecule has 2 aliphatic carbocycles. The van der Waals surface area contributed by atoms with Crippen molar-refractivity contribution in [3.05, 3.63) is 11.6 Å². The highest BCUT2D eigenvalue weighted by Crippen LogP contribution is 2.37. The molecular weight excluding hydrogens is 276 g/mol. The van der Waals surface area contributed by atoms with Gasteiger partial charge >= 0.3 is 0 Å². The minimum Gasteiger partial charge on any atom is -0.393 e. The summed E-state index contributed by atoms with van der Waals surface area (Å²) >= 11 is 0. The number of amides is 1. The lowest BCUT2D eigenvalue weighted by atomic mass is 9.81. The summed E-state index contributed by atoms with van der Waals surface area (Å²) in [4.78, 5) is 14.8. The van der Waals surface area contributed by atoms with Crippen molar-refractivity contribution in [2.24, 2.45) is 11.8 Å². The SMILES string of the molecule is O=C1C2CCCCC2NC2/C(=C/C3CCCCC3O)CCN12. The summed E-state index contributed by atoms with van der Waals surface area (Å²) in [6.45, 7) is 0.856. The second-order valence-electron chi connectivity index (χ2n) is 7.61. The Bertz CT molecular complexity index is 476. The van der Waals surface area contributed by atoms with Crippen molar-refractivity contribution < 1.29 is 9.90 Å². The van der Waals surface area contributed by atoms with E-state index in [0.717, 1.165) is 45.1 Å². The lowest BCUT2D eigenvalue weighted by molar-refractivity contribution is -0.143. The maximum absolute atomic E-state index is 12.8. The second kappa shape index (κ2) is 5.97. The fraction of sp³-hybridized carbons (Fsp3) is 0.833. The van der Waals surface area contributed by atoms with Crippen molar-refractivity contribution >= 4 is 5.91 Å². The minimum atomic E-state index is -0.183. The molecule has 0 aromatic heterocycles. The summed E-state index contributed by atoms with van der Waals surface area (Å²) < 4.78 is 0. The Morgan fingerprint density at radius 1 is 1.09 bits per heavy atom. The molecule has 4 rings (SSSR count). The van der Waals surface area contributed by atoms with Crippen LogP contribution in [-0.2, 0) is 4.79 Å². The molecule has 2 heterocycles. The quantitative estimate of drug-likeness (QED) is 0.730. The standard InChI is InChI=1S/C18H28N2O2/c21-16-8-4-1-5-12(16)11-13-9-10-20-17(13)19-15-7-3-2-6-14(15)18(20)22/h11-12,14-17,19,21H,1-10H2/b13-11+. The molecule has 2 saturated carbocycles. The van der Waals surface area contributed by atoms with Crippen LogP contribution in [0.2, 0.25) is 0 Å². The molecule has 2 aliphatic heterocycles. The van der Waals surface area contributed by atoms with E-state index >= 15 is 0 Å². The molecule has 5 unspecified atom stereocenters. The summed E-state index contributed by atoms with van der Waals surface area (Å²) in [5.74, 6) is 0.885. The zero-order valence-electron chi connectivity index (χ0n) is 13.3. The van der Waals surface area contributed by atoms with Gasteiger partial charge in [-0.2, -0.15) is 0 Å². The van der Waals surface area contributed by atoms with Gasteiger partial charge in [-0.1, -0.05) is 31.8 Å². The van der Waals surface area contributed by atoms with Gasteiger partial charge in [-0.15, -0.1) is 0 Å². The van der Waals surface area contributed by atoms with Gasteiger partial charge in [0.05, 0.1) is 12.0 Å². The Kier molecular flexibility index (Phi) is 3.99. The van der Waals surface area contributed by atoms with Crippen molar-refractivity contribution in [3.63, 3.8) is 0 Å². The van der Waals surface area contributed by atoms with Gasteiger partial charge in [0.15, 0.2) is 0 Å². The van der Waals surface area contributed by atoms with E-state index in [1.54, 1.807) is 0 Å². The van der Waals surface area contributed by atoms with Crippen molar-refractivity contribution in [2.75, 3.05) is 6.54 Å². The number of hydrogen-bond donors (Lipinski definition) is 2. The third-order valence-corrected chi connectivity index (χ3v) is 6.25. The average molecular weight is 304 g/mol. The van der Waals surface area contributed by atoms with Crippen LogP contribution in [0.15, 0.2) is 11.6 Å². The maximum atomic E-state index is 12.8. The number of rotatable bonds is 1. The van der Waals surface area contributed by atoms with E-state index in [4.69, 9.17) is 0 Å². The van der Waals surface area contributed by atoms with E-state index in [1.807, 2.05) is 0 Å². The summed E-state index contributed by atoms with van der Waals surface area (Å²) in [6.07, 6.45) is 12.2. The van der Waals surface area contributed by atoms with Crippen molar-refractivity contribution in [1.29, 1.82) is 0 Å². The summed E-state index contributed by atoms with van der Waals surface area (Å²) in [6, 6.07) is 0.375. The molecule has 22 heavy (non-hydrogen) atoms. The van der Waals surface area contributed by atoms with Crippen LogP contribution in [0.25, 0.3) is 0 Å². The van der Waals surface area contributed by atoms with Gasteiger partial charge in [-0.3, -0.25) is 10.1 Å². The van der Waals surface area contributed by atoms with Crippen LogP contribution >= 0.6 is 0 Å². The van der Waals surface area contributed by atoms with E-state index < -0.39 is 0 Å². The van der Waals surface area contributed by atoms with Crippen LogP contribution in [0.3, 0.4) is 0 Å². The highest BCUT2D eigenvalue weighted by molar-refractivity contribution is 5.82. The van der Waals surface area contributed by atoms with Crippen LogP contribution in [0.4, 0.5) is 0 Å². The summed E-state index contributed by atoms with van der Waals surface area (Å²) in [7, 11) is 0. The number of hydrogen-bond acceptors (Lipinski definition) is 3. The van der Waals surface area contributed by atoms with Gasteiger partial charge in [0.25, 0.3) is 0 Å². The topological polar surface area (TPSA) is 52.6 Å². The Balaban J connectivity index is 1.53. The normalized spacial score (nSPS) is 44.0. The van der Waals surface area contributed by atoms with Crippen molar-refractivity contribution in [3.8, 4) is 0 Å². The number of fused-ring (bicyclic) bond motifs is 2. The smallest absolute Gasteiger partial charge is 0.228 e. The van der Waals surface area contributed by atoms with E-state index in [9.17, 15) is 9.90 Å². The van der Waals surface area contributed by atoms with Crippen molar-refractivity contribution in [2.45, 2.75) is 76.1 Å². The zero-order valence-corrected chi connectivity index (χ0v) is 13.3. The van der Waals surface area contributed by atoms with E-state index in [-0.39, 0.29) is 18.2 Å². The Labute approximate surface area is 132 Å². The maximum Gasteiger partial charge on any atom is 0.228 e. The van der Waals surface area contributed by atoms with Gasteiger partial charge in [-0.25, -0.2) is 0 Å². The molecule has 0 aromatic carbocycles. The van der Waals surface area contributed by atoms with Crippen LogP contribution in [0.5, 0.6) is 0 Å². The number of aliphatic hydroxyl groups excluding tert-OH is 1. The molecule has 1 amide bonds. The van der Waals surface area contributed by atoms with E-state index in [1.165, 1.54) is 24.8 Å². The average Bonchev–Trinajstić information content (AvgIpc) is 2.93. The van der Waals surface area contributed by atoms with Gasteiger partial charge < -0.3 is 10.0 Å². The van der Waals surface area contributed by atoms with Crippen LogP contribution in [0, 0.1) is 11.8 Å². The number of aliphatic hydroxyl groups is 1. The Morgan fingerprint density at radius 3 is 2.73 bits per heavy atom. The fourth-order valence-corrected chi connectivity index (χ4v) is 4.98. The van der Waals surface area contributed by atoms with Crippen molar-refractivity contribution in [1.82, 2.24) is 10.2 Å². The fourth-order valence-electron chi connectivity index (χ4n) is 4.98. The van der Waals surface area contributed by atoms with Crippen LogP contribution in [-0.4, -0.2) is 40.8 Å². The summed E-state index contributed by atoms with van der Waals surface area (Å²) in [5, 5.41) is 14.0. The predicted octanol–water partition coefficient (Wildman–Crippen LogP) is 2.18. The first-order valence-corrected chi connectivity index (χ1v) is 9.19. The largest absolute Gasteiger partial charge is 0.393 e. The number of carbonyl (C=O) groups excluding carboxylic acids is 1. The molecule has 4 heteroatoms. The highest BCUT2D eigenvalue weighted by atomic mass is 16.3. The number of nitrogens with zero attached hydrogens (tertiary/aromatic N) is 1. The molecule has 4 fully saturated rings. The van der Waals surface area contributed by atoms with Gasteiger partial charge in [0.2, 0.25) is 5.91 Å². The molecule has 0 aromatic rings. The Hall–Kier alpha value is -0.870. The minimum absolute atomic E-state index is 0.112. The molecule has 0 bridgehead atoms. The van der Waals surface area contributed by atoms with E-state index in [2.05, 4.69) is 16.3 Å². The molecule has 122 valence electrons. The lowest BCUT2D eigenvalue weighted by Crippen LogP contribution is -2.61. The Morgan fingerprint density at radius 2 is 1.86 bits per heavy atom. The first-order valence-electron chi connectivity index (χ1n) is 9.19. The monoisotopic (exact) mass is 304 g/mol. The zero-order chi connectivity index (χ0) is 15.1. The molecule has 0 radical (unpaired) electrons. The third kappa shape index (κ3) is 2.50. The number of carbonyl (C=O) groups is 1. The highest BCUT2D eigenvalue weighted by Gasteiger charge is 2.45. The van der Waals surface area contributed by atoms with Crippen LogP contribution < -0.4 is 5.32 Å². The van der Waals surface area contributed by atoms with Crippen LogP contribution in [0.1, 0.15) is 57.8 Å². The molecule has 5 atom stereocenters. The van der Waals surface area contributed by atoms with Gasteiger partial charge in [-0.05, 0) is 37.7 Å². The molecular formula is C18H28N2O2. The lowest BCUT2D eigenvalue weighted by Gasteiger charge is -2.44. The second-order valence-corrected chi connectivity index (χ2v) is 7.61. The molecule has 4 nitrogen and oxygen atoms in total. The van der Waals surface area contributed by atoms with E-state index in [0.29, 0.717) is 17.9 Å². The third-order valence-electron chi connectivity index (χ3n) is 6.25. The molecule has 2 N–H and O–H groups in total. The first-order chi connectivity index (χ1) is 10.7. The molecule has 0 spiro atoms. The summed E-state index contributed by atoms with van der Waals surface area (Å²) in [5.41, 5.74) is 1.35. The number of nitrogens with one attached hydrogen (secondary N) is 1. The predicted molar refractivity (Wildman–Crippen MR) is 85.0 cm³/mol.